The van der Waals surface area contributed by atoms with Crippen LogP contribution < -0.4 is 57.2 Å². The molecule has 0 spiro atoms. The zero-order chi connectivity index (χ0) is 40.2. The third-order valence-electron chi connectivity index (χ3n) is 9.21. The fourth-order valence-corrected chi connectivity index (χ4v) is 11.2. The van der Waals surface area contributed by atoms with Crippen molar-refractivity contribution < 1.29 is 32.0 Å². The molecule has 0 N–H and O–H groups in total. The van der Waals surface area contributed by atoms with E-state index in [1.165, 1.54) is 44.0 Å². The summed E-state index contributed by atoms with van der Waals surface area (Å²) >= 11 is 0. The van der Waals surface area contributed by atoms with E-state index in [0.29, 0.717) is 22.6 Å². The van der Waals surface area contributed by atoms with Gasteiger partial charge in [0.1, 0.15) is 17.2 Å². The van der Waals surface area contributed by atoms with Crippen LogP contribution in [0.4, 0.5) is 0 Å². The van der Waals surface area contributed by atoms with Crippen LogP contribution >= 0.6 is 15.8 Å². The molecule has 10 heteroatoms. The second-order valence-electron chi connectivity index (χ2n) is 13.1. The van der Waals surface area contributed by atoms with Crippen LogP contribution in [0.3, 0.4) is 0 Å². The van der Waals surface area contributed by atoms with E-state index < -0.39 is 21.8 Å². The molecule has 0 atom stereocenters. The quantitative estimate of drug-likeness (QED) is 0.134. The minimum Gasteiger partial charge on any atom is -0.884 e. The summed E-state index contributed by atoms with van der Waals surface area (Å²) in [6.45, 7) is 0. The number of amidine groups is 1. The summed E-state index contributed by atoms with van der Waals surface area (Å²) in [6, 6.07) is 71.8. The van der Waals surface area contributed by atoms with Gasteiger partial charge in [-0.3, -0.25) is 4.98 Å². The molecule has 60 heavy (non-hydrogen) atoms. The van der Waals surface area contributed by atoms with Gasteiger partial charge in [0.25, 0.3) is 0 Å². The summed E-state index contributed by atoms with van der Waals surface area (Å²) in [4.78, 5) is 8.42. The third kappa shape index (κ3) is 10.0. The average molecular weight is 866 g/mol. The largest absolute Gasteiger partial charge is 2.00 e. The number of azo groups is 1. The van der Waals surface area contributed by atoms with Gasteiger partial charge in [-0.2, -0.15) is 5.95 Å². The second kappa shape index (κ2) is 20.4. The van der Waals surface area contributed by atoms with Crippen molar-refractivity contribution in [3.8, 4) is 11.5 Å². The summed E-state index contributed by atoms with van der Waals surface area (Å²) in [5, 5.41) is 37.7. The maximum absolute atomic E-state index is 10.7. The molecule has 0 aliphatic carbocycles. The fraction of sp³-hybridized carbons (Fsp3) is 0. The van der Waals surface area contributed by atoms with Crippen LogP contribution in [0.15, 0.2) is 234 Å². The first-order chi connectivity index (χ1) is 29.1. The Kier molecular flexibility index (Phi) is 14.2. The monoisotopic (exact) mass is 865 g/mol. The van der Waals surface area contributed by atoms with Gasteiger partial charge in [-0.05, 0) is 66.5 Å². The number of pyridine rings is 1. The zero-order valence-electron chi connectivity index (χ0n) is 32.0. The molecule has 1 aliphatic rings. The first-order valence-corrected chi connectivity index (χ1v) is 21.6. The normalized spacial score (nSPS) is 11.6. The first-order valence-electron chi connectivity index (χ1n) is 18.9. The van der Waals surface area contributed by atoms with Gasteiger partial charge in [-0.1, -0.05) is 188 Å². The van der Waals surface area contributed by atoms with Crippen molar-refractivity contribution in [2.75, 3.05) is 0 Å². The molecule has 0 saturated carbocycles. The molecule has 0 fully saturated rings. The molecule has 0 amide bonds. The van der Waals surface area contributed by atoms with Crippen LogP contribution in [0.2, 0.25) is 0 Å². The van der Waals surface area contributed by atoms with Crippen LogP contribution in [0, 0.1) is 0 Å². The molecule has 7 nitrogen and oxygen atoms in total. The minimum absolute atomic E-state index is 0. The van der Waals surface area contributed by atoms with E-state index in [1.807, 2.05) is 6.07 Å². The van der Waals surface area contributed by atoms with Gasteiger partial charge in [0, 0.05) is 22.0 Å². The van der Waals surface area contributed by atoms with E-state index in [0.717, 1.165) is 11.5 Å². The molecule has 9 rings (SSSR count). The summed E-state index contributed by atoms with van der Waals surface area (Å²) in [5.41, 5.74) is 0.637. The van der Waals surface area contributed by atoms with Crippen molar-refractivity contribution in [3.05, 3.63) is 235 Å². The number of para-hydroxylation sites is 2. The standard InChI is InChI=1S/C36H28OP2.C14H10N4O2.Cu/c1-5-17-29(18-6-1)38(30-19-7-2-8-20-30)35-27-15-13-25-33(35)37-34-26-14-16-28-36(34)39(31-21-9-3-10-22-31)32-23-11-4-12-24-32;19-14(20)10-6-4-9(5-7-10)12-16-13(18-17-12)11-3-1-2-8-15-11;/h1-28H;1-8,19-20H;/q;;+2/p-2. The number of rotatable bonds is 9. The molecule has 0 bridgehead atoms. The van der Waals surface area contributed by atoms with Crippen LogP contribution in [0.1, 0.15) is 5.69 Å². The molecule has 1 aliphatic heterocycles. The fourth-order valence-electron chi connectivity index (χ4n) is 6.46. The number of hydrogen-bond acceptors (Lipinski definition) is 7. The number of aromatic nitrogens is 1. The van der Waals surface area contributed by atoms with E-state index in [2.05, 4.69) is 190 Å². The molecule has 1 radical (unpaired) electrons. The number of hydrogen-bond donors (Lipinski definition) is 0. The predicted octanol–water partition coefficient (Wildman–Crippen LogP) is 5.84. The number of nitrogens with zero attached hydrogens (tertiary/aromatic N) is 4. The van der Waals surface area contributed by atoms with Crippen LogP contribution in [-0.2, 0) is 17.1 Å². The molecule has 295 valence electrons. The van der Waals surface area contributed by atoms with Crippen molar-refractivity contribution in [1.82, 2.24) is 4.98 Å². The Morgan fingerprint density at radius 2 is 0.850 bits per heavy atom. The Hall–Kier alpha value is -6.52. The van der Waals surface area contributed by atoms with E-state index in [4.69, 9.17) is 4.74 Å². The molecule has 8 aromatic rings. The Balaban J connectivity index is 0.000000218. The SMILES string of the molecule is [Cu+2].[O-]C([O-])=c1ccc(=C2N=NC(c3ccccn3)=N2)cc1.c1ccc(P(c2ccccc2)c2ccccc2Oc2ccccc2P(c2ccccc2)c2ccccc2)cc1. The van der Waals surface area contributed by atoms with E-state index in [1.54, 1.807) is 30.5 Å². The zero-order valence-corrected chi connectivity index (χ0v) is 34.7. The van der Waals surface area contributed by atoms with Gasteiger partial charge in [-0.25, -0.2) is 4.99 Å². The van der Waals surface area contributed by atoms with Crippen LogP contribution in [0.5, 0.6) is 11.5 Å². The summed E-state index contributed by atoms with van der Waals surface area (Å²) in [7, 11) is -1.59. The summed E-state index contributed by atoms with van der Waals surface area (Å²) in [5.74, 6) is 1.45. The molecular weight excluding hydrogens is 830 g/mol. The van der Waals surface area contributed by atoms with Crippen LogP contribution in [-0.4, -0.2) is 10.8 Å². The van der Waals surface area contributed by atoms with Crippen molar-refractivity contribution in [2.45, 2.75) is 0 Å². The molecule has 0 saturated heterocycles. The maximum Gasteiger partial charge on any atom is 2.00 e. The summed E-state index contributed by atoms with van der Waals surface area (Å²) < 4.78 is 6.92. The maximum atomic E-state index is 10.7. The van der Waals surface area contributed by atoms with Gasteiger partial charge in [0.05, 0.1) is 0 Å². The Morgan fingerprint density at radius 1 is 0.433 bits per heavy atom. The van der Waals surface area contributed by atoms with Crippen LogP contribution in [0.25, 0.3) is 11.8 Å². The average Bonchev–Trinajstić information content (AvgIpc) is 3.81. The summed E-state index contributed by atoms with van der Waals surface area (Å²) in [6.07, 6.45) is 1.65. The van der Waals surface area contributed by atoms with Gasteiger partial charge < -0.3 is 14.9 Å². The van der Waals surface area contributed by atoms with Crippen molar-refractivity contribution in [1.29, 1.82) is 0 Å². The van der Waals surface area contributed by atoms with Crippen molar-refractivity contribution >= 4 is 65.3 Å². The van der Waals surface area contributed by atoms with E-state index in [9.17, 15) is 10.2 Å². The smallest absolute Gasteiger partial charge is 0.884 e. The number of aliphatic imine (C=N–C) groups is 1. The Bertz CT molecular complexity index is 2600. The van der Waals surface area contributed by atoms with E-state index in [-0.39, 0.29) is 22.3 Å². The third-order valence-corrected chi connectivity index (χ3v) is 14.2. The topological polar surface area (TPSA) is 105 Å². The van der Waals surface area contributed by atoms with Gasteiger partial charge in [0.15, 0.2) is 5.82 Å². The van der Waals surface area contributed by atoms with E-state index >= 15 is 0 Å². The van der Waals surface area contributed by atoms with Gasteiger partial charge in [0.2, 0.25) is 5.84 Å². The minimum atomic E-state index is -1.22. The molecule has 2 heterocycles. The number of ether oxygens (including phenoxy) is 1. The Labute approximate surface area is 361 Å². The Morgan fingerprint density at radius 3 is 1.27 bits per heavy atom. The van der Waals surface area contributed by atoms with Gasteiger partial charge in [-0.15, -0.1) is 10.2 Å². The number of benzene rings is 7. The van der Waals surface area contributed by atoms with Gasteiger partial charge >= 0.3 is 17.1 Å². The predicted molar refractivity (Wildman–Crippen MR) is 239 cm³/mol. The molecule has 1 aromatic heterocycles. The molecular formula is C50H36CuN4O3P2. The molecule has 7 aromatic carbocycles. The first kappa shape index (κ1) is 41.6. The second-order valence-corrected chi connectivity index (χ2v) is 17.5. The molecule has 0 unspecified atom stereocenters. The van der Waals surface area contributed by atoms with Crippen molar-refractivity contribution in [2.24, 2.45) is 15.2 Å². The van der Waals surface area contributed by atoms with Crippen molar-refractivity contribution in [3.63, 3.8) is 0 Å².